The van der Waals surface area contributed by atoms with Gasteiger partial charge >= 0.3 is 15.6 Å². The lowest BCUT2D eigenvalue weighted by Gasteiger charge is -2.37. The summed E-state index contributed by atoms with van der Waals surface area (Å²) in [4.78, 5) is 0.369. The largest absolute Gasteiger partial charge is 0.523 e. The van der Waals surface area contributed by atoms with Crippen LogP contribution >= 0.6 is 10.3 Å². The Labute approximate surface area is 139 Å². The number of rotatable bonds is 5. The van der Waals surface area contributed by atoms with Gasteiger partial charge < -0.3 is 5.11 Å². The van der Waals surface area contributed by atoms with Crippen molar-refractivity contribution >= 4 is 31.2 Å². The van der Waals surface area contributed by atoms with Gasteiger partial charge in [-0.25, -0.2) is 3.63 Å². The summed E-state index contributed by atoms with van der Waals surface area (Å²) in [6.07, 6.45) is 0. The molecule has 4 nitrogen and oxygen atoms in total. The molecule has 0 bridgehead atoms. The number of aromatic hydroxyl groups is 1. The minimum Gasteiger partial charge on any atom is -0.507 e. The minimum absolute atomic E-state index is 0.0338. The van der Waals surface area contributed by atoms with Crippen LogP contribution in [0.15, 0.2) is 41.3 Å². The van der Waals surface area contributed by atoms with Crippen LogP contribution in [0.25, 0.3) is 10.8 Å². The van der Waals surface area contributed by atoms with Crippen molar-refractivity contribution in [3.8, 4) is 5.75 Å². The van der Waals surface area contributed by atoms with Gasteiger partial charge in [-0.15, -0.1) is 0 Å². The van der Waals surface area contributed by atoms with Crippen LogP contribution in [0.1, 0.15) is 13.8 Å². The van der Waals surface area contributed by atoms with E-state index in [1.807, 2.05) is 0 Å². The Morgan fingerprint density at radius 3 is 2.04 bits per heavy atom. The number of benzene rings is 2. The monoisotopic (exact) mass is 382 g/mol. The predicted octanol–water partition coefficient (Wildman–Crippen LogP) is 4.53. The molecule has 0 saturated carbocycles. The van der Waals surface area contributed by atoms with Crippen LogP contribution in [0.2, 0.25) is 0 Å². The first-order valence-corrected chi connectivity index (χ1v) is 10.4. The number of halogens is 3. The highest BCUT2D eigenvalue weighted by Crippen LogP contribution is 2.61. The molecule has 0 spiro atoms. The Hall–Kier alpha value is -1.45. The number of hydrogen-bond acceptors (Lipinski definition) is 4. The van der Waals surface area contributed by atoms with E-state index >= 15 is 0 Å². The lowest BCUT2D eigenvalue weighted by atomic mass is 10.1. The van der Waals surface area contributed by atoms with Crippen LogP contribution in [-0.4, -0.2) is 30.5 Å². The van der Waals surface area contributed by atoms with Gasteiger partial charge in [-0.2, -0.15) is 21.6 Å². The fourth-order valence-corrected chi connectivity index (χ4v) is 7.11. The Kier molecular flexibility index (Phi) is 5.08. The zero-order chi connectivity index (χ0) is 18.2. The molecule has 2 aromatic rings. The first kappa shape index (κ1) is 18.9. The van der Waals surface area contributed by atoms with Gasteiger partial charge in [0.2, 0.25) is 0 Å². The van der Waals surface area contributed by atoms with Gasteiger partial charge in [0.25, 0.3) is 0 Å². The highest BCUT2D eigenvalue weighted by Gasteiger charge is 2.51. The first-order valence-electron chi connectivity index (χ1n) is 7.10. The quantitative estimate of drug-likeness (QED) is 0.772. The molecular formula is C15H17F3O4S2. The van der Waals surface area contributed by atoms with E-state index in [9.17, 15) is 26.7 Å². The van der Waals surface area contributed by atoms with E-state index in [0.717, 1.165) is 0 Å². The van der Waals surface area contributed by atoms with Gasteiger partial charge in [0, 0.05) is 21.8 Å². The number of phenols is 1. The molecule has 0 aliphatic heterocycles. The Morgan fingerprint density at radius 1 is 1.00 bits per heavy atom. The fourth-order valence-electron chi connectivity index (χ4n) is 2.44. The summed E-state index contributed by atoms with van der Waals surface area (Å²) in [6.45, 7) is 3.18. The van der Waals surface area contributed by atoms with Crippen LogP contribution in [0.5, 0.6) is 5.75 Å². The molecule has 24 heavy (non-hydrogen) atoms. The van der Waals surface area contributed by atoms with Crippen LogP contribution in [-0.2, 0) is 13.7 Å². The summed E-state index contributed by atoms with van der Waals surface area (Å²) < 4.78 is 66.3. The molecule has 0 amide bonds. The second-order valence-electron chi connectivity index (χ2n) is 4.99. The van der Waals surface area contributed by atoms with Crippen LogP contribution in [0.4, 0.5) is 13.2 Å². The Bertz CT molecular complexity index is 843. The normalized spacial score (nSPS) is 14.0. The second kappa shape index (κ2) is 6.45. The van der Waals surface area contributed by atoms with Crippen molar-refractivity contribution in [2.75, 3.05) is 11.5 Å². The molecule has 0 radical (unpaired) electrons. The van der Waals surface area contributed by atoms with Crippen LogP contribution in [0, 0.1) is 0 Å². The molecule has 0 aromatic heterocycles. The van der Waals surface area contributed by atoms with E-state index in [4.69, 9.17) is 3.63 Å². The van der Waals surface area contributed by atoms with E-state index in [1.54, 1.807) is 38.1 Å². The van der Waals surface area contributed by atoms with Gasteiger partial charge in [-0.1, -0.05) is 48.4 Å². The maximum Gasteiger partial charge on any atom is 0.523 e. The molecule has 0 fully saturated rings. The summed E-state index contributed by atoms with van der Waals surface area (Å²) in [5.74, 6) is 0.148. The smallest absolute Gasteiger partial charge is 0.507 e. The average molecular weight is 382 g/mol. The van der Waals surface area contributed by atoms with Crippen LogP contribution in [0.3, 0.4) is 0 Å². The minimum atomic E-state index is -5.73. The van der Waals surface area contributed by atoms with Crippen molar-refractivity contribution < 1.29 is 30.3 Å². The lowest BCUT2D eigenvalue weighted by Crippen LogP contribution is -2.28. The first-order chi connectivity index (χ1) is 11.1. The molecule has 0 atom stereocenters. The fraction of sp³-hybridized carbons (Fsp3) is 0.333. The van der Waals surface area contributed by atoms with E-state index < -0.39 is 25.9 Å². The molecule has 1 N–H and O–H groups in total. The van der Waals surface area contributed by atoms with Gasteiger partial charge in [-0.05, 0) is 17.5 Å². The van der Waals surface area contributed by atoms with Crippen molar-refractivity contribution in [3.63, 3.8) is 0 Å². The zero-order valence-electron chi connectivity index (χ0n) is 13.0. The maximum absolute atomic E-state index is 12.8. The number of phenolic OH excluding ortho intramolecular Hbond substituents is 1. The third-order valence-electron chi connectivity index (χ3n) is 3.70. The van der Waals surface area contributed by atoms with Crippen molar-refractivity contribution in [2.24, 2.45) is 0 Å². The molecule has 0 aliphatic carbocycles. The van der Waals surface area contributed by atoms with Crippen molar-refractivity contribution in [1.29, 1.82) is 0 Å². The number of hydrogen-bond donors (Lipinski definition) is 1. The van der Waals surface area contributed by atoms with E-state index in [0.29, 0.717) is 15.7 Å². The van der Waals surface area contributed by atoms with E-state index in [1.165, 1.54) is 12.1 Å². The van der Waals surface area contributed by atoms with Gasteiger partial charge in [0.15, 0.2) is 0 Å². The van der Waals surface area contributed by atoms with Crippen molar-refractivity contribution in [1.82, 2.24) is 0 Å². The van der Waals surface area contributed by atoms with Crippen LogP contribution < -0.4 is 0 Å². The molecule has 0 aliphatic rings. The molecule has 0 unspecified atom stereocenters. The summed E-state index contributed by atoms with van der Waals surface area (Å²) in [6, 6.07) is 9.36. The highest BCUT2D eigenvalue weighted by atomic mass is 32.3. The molecule has 134 valence electrons. The zero-order valence-corrected chi connectivity index (χ0v) is 14.6. The van der Waals surface area contributed by atoms with Crippen molar-refractivity contribution in [3.05, 3.63) is 36.4 Å². The van der Waals surface area contributed by atoms with E-state index in [2.05, 4.69) is 0 Å². The summed E-state index contributed by atoms with van der Waals surface area (Å²) in [7, 11) is -8.49. The van der Waals surface area contributed by atoms with Crippen molar-refractivity contribution in [2.45, 2.75) is 24.3 Å². The third-order valence-corrected chi connectivity index (χ3v) is 9.05. The Morgan fingerprint density at radius 2 is 1.54 bits per heavy atom. The standard InChI is InChI=1S/C15H17F3O4S2/c1-3-23(4-2,22-24(20,21)15(16,17)18)14-10-9-13(19)11-7-5-6-8-12(11)14/h5-10,19H,3-4H2,1-2H3. The molecular weight excluding hydrogens is 365 g/mol. The number of fused-ring (bicyclic) bond motifs is 1. The Balaban J connectivity index is 2.71. The molecule has 0 heterocycles. The molecule has 0 saturated heterocycles. The summed E-state index contributed by atoms with van der Waals surface area (Å²) >= 11 is 0. The molecule has 2 rings (SSSR count). The van der Waals surface area contributed by atoms with Gasteiger partial charge in [0.05, 0.1) is 0 Å². The second-order valence-corrected chi connectivity index (χ2v) is 10.1. The average Bonchev–Trinajstić information content (AvgIpc) is 2.52. The SMILES string of the molecule is CCS(CC)(OS(=O)(=O)C(F)(F)F)c1ccc(O)c2ccccc12. The lowest BCUT2D eigenvalue weighted by molar-refractivity contribution is -0.0496. The predicted molar refractivity (Wildman–Crippen MR) is 88.6 cm³/mol. The van der Waals surface area contributed by atoms with E-state index in [-0.39, 0.29) is 17.3 Å². The summed E-state index contributed by atoms with van der Waals surface area (Å²) in [5, 5.41) is 10.9. The highest BCUT2D eigenvalue weighted by molar-refractivity contribution is 8.33. The topological polar surface area (TPSA) is 63.6 Å². The number of alkyl halides is 3. The molecule has 2 aromatic carbocycles. The van der Waals surface area contributed by atoms with Gasteiger partial charge in [0.1, 0.15) is 5.75 Å². The third kappa shape index (κ3) is 3.20. The summed E-state index contributed by atoms with van der Waals surface area (Å²) in [5.41, 5.74) is -5.48. The maximum atomic E-state index is 12.8. The molecule has 9 heteroatoms. The van der Waals surface area contributed by atoms with Gasteiger partial charge in [-0.3, -0.25) is 0 Å².